The lowest BCUT2D eigenvalue weighted by molar-refractivity contribution is 0.0746. The summed E-state index contributed by atoms with van der Waals surface area (Å²) < 4.78 is 28.1. The van der Waals surface area contributed by atoms with Gasteiger partial charge in [-0.15, -0.1) is 10.2 Å². The molecule has 0 spiro atoms. The van der Waals surface area contributed by atoms with Crippen LogP contribution in [0.3, 0.4) is 0 Å². The maximum Gasteiger partial charge on any atom is 0.254 e. The van der Waals surface area contributed by atoms with E-state index in [0.29, 0.717) is 37.8 Å². The van der Waals surface area contributed by atoms with Crippen molar-refractivity contribution in [3.05, 3.63) is 65.5 Å². The van der Waals surface area contributed by atoms with Crippen molar-refractivity contribution in [3.63, 3.8) is 0 Å². The van der Waals surface area contributed by atoms with Gasteiger partial charge < -0.3 is 9.80 Å². The molecule has 1 amide bonds. The number of carbonyl (C=O) groups is 1. The monoisotopic (exact) mass is 384 g/mol. The van der Waals surface area contributed by atoms with Gasteiger partial charge in [-0.3, -0.25) is 4.79 Å². The fourth-order valence-corrected chi connectivity index (χ4v) is 3.10. The second kappa shape index (κ2) is 7.34. The molecule has 1 fully saturated rings. The molecule has 0 aliphatic carbocycles. The molecule has 0 bridgehead atoms. The fraction of sp³-hybridized carbons (Fsp3) is 0.263. The molecule has 9 heteroatoms. The van der Waals surface area contributed by atoms with Crippen molar-refractivity contribution in [2.75, 3.05) is 31.1 Å². The van der Waals surface area contributed by atoms with E-state index in [1.165, 1.54) is 6.07 Å². The number of aromatic nitrogens is 4. The summed E-state index contributed by atoms with van der Waals surface area (Å²) >= 11 is 0. The number of nitrogens with zero attached hydrogens (tertiary/aromatic N) is 6. The molecule has 3 aromatic rings. The van der Waals surface area contributed by atoms with Crippen molar-refractivity contribution in [1.82, 2.24) is 24.9 Å². The average molecular weight is 384 g/mol. The highest BCUT2D eigenvalue weighted by atomic mass is 19.2. The Morgan fingerprint density at radius 2 is 1.64 bits per heavy atom. The molecule has 3 heterocycles. The Labute approximate surface area is 160 Å². The number of rotatable bonds is 3. The molecular formula is C19H18F2N6O. The second-order valence-corrected chi connectivity index (χ2v) is 6.56. The van der Waals surface area contributed by atoms with Gasteiger partial charge in [-0.2, -0.15) is 5.10 Å². The molecule has 28 heavy (non-hydrogen) atoms. The van der Waals surface area contributed by atoms with Crippen molar-refractivity contribution < 1.29 is 13.6 Å². The highest BCUT2D eigenvalue weighted by Gasteiger charge is 2.23. The normalized spacial score (nSPS) is 14.4. The molecule has 0 N–H and O–H groups in total. The van der Waals surface area contributed by atoms with Gasteiger partial charge in [0.25, 0.3) is 5.91 Å². The van der Waals surface area contributed by atoms with Crippen LogP contribution in [-0.2, 0) is 0 Å². The molecule has 0 unspecified atom stereocenters. The van der Waals surface area contributed by atoms with Crippen LogP contribution in [-0.4, -0.2) is 57.0 Å². The summed E-state index contributed by atoms with van der Waals surface area (Å²) in [4.78, 5) is 16.1. The first-order chi connectivity index (χ1) is 13.5. The number of hydrogen-bond acceptors (Lipinski definition) is 5. The van der Waals surface area contributed by atoms with E-state index in [1.807, 2.05) is 36.2 Å². The largest absolute Gasteiger partial charge is 0.352 e. The van der Waals surface area contributed by atoms with E-state index >= 15 is 0 Å². The number of halogens is 2. The molecule has 1 aromatic carbocycles. The van der Waals surface area contributed by atoms with Gasteiger partial charge >= 0.3 is 0 Å². The van der Waals surface area contributed by atoms with Gasteiger partial charge in [0.05, 0.1) is 5.69 Å². The summed E-state index contributed by atoms with van der Waals surface area (Å²) in [6.07, 6.45) is 1.82. The molecule has 1 aliphatic rings. The number of carbonyl (C=O) groups excluding carboxylic acids is 1. The van der Waals surface area contributed by atoms with Gasteiger partial charge in [-0.1, -0.05) is 0 Å². The number of amides is 1. The molecule has 2 aromatic heterocycles. The van der Waals surface area contributed by atoms with E-state index in [2.05, 4.69) is 15.3 Å². The predicted molar refractivity (Wildman–Crippen MR) is 98.4 cm³/mol. The lowest BCUT2D eigenvalue weighted by atomic mass is 10.1. The van der Waals surface area contributed by atoms with Crippen LogP contribution in [0, 0.1) is 18.6 Å². The third kappa shape index (κ3) is 3.55. The topological polar surface area (TPSA) is 67.2 Å². The fourth-order valence-electron chi connectivity index (χ4n) is 3.10. The molecular weight excluding hydrogens is 366 g/mol. The van der Waals surface area contributed by atoms with E-state index in [-0.39, 0.29) is 11.5 Å². The summed E-state index contributed by atoms with van der Waals surface area (Å²) in [5.74, 6) is -0.952. The van der Waals surface area contributed by atoms with Crippen molar-refractivity contribution in [1.29, 1.82) is 0 Å². The third-order valence-electron chi connectivity index (χ3n) is 4.65. The van der Waals surface area contributed by atoms with Crippen molar-refractivity contribution in [2.45, 2.75) is 6.92 Å². The van der Waals surface area contributed by atoms with Crippen LogP contribution in [0.25, 0.3) is 5.82 Å². The van der Waals surface area contributed by atoms with Gasteiger partial charge in [-0.25, -0.2) is 13.5 Å². The molecule has 7 nitrogen and oxygen atoms in total. The first-order valence-electron chi connectivity index (χ1n) is 8.87. The molecule has 0 atom stereocenters. The summed E-state index contributed by atoms with van der Waals surface area (Å²) in [5, 5.41) is 12.8. The van der Waals surface area contributed by atoms with Crippen LogP contribution >= 0.6 is 0 Å². The van der Waals surface area contributed by atoms with Crippen LogP contribution < -0.4 is 4.90 Å². The standard InChI is InChI=1S/C19H18F2N6O/c1-13-6-7-27(24-13)18-5-4-17(22-23-18)25-8-10-26(11-9-25)19(28)14-2-3-15(20)16(21)12-14/h2-7,12H,8-11H2,1H3. The lowest BCUT2D eigenvalue weighted by Gasteiger charge is -2.35. The average Bonchev–Trinajstić information content (AvgIpc) is 3.16. The van der Waals surface area contributed by atoms with Crippen molar-refractivity contribution in [3.8, 4) is 5.82 Å². The van der Waals surface area contributed by atoms with Crippen molar-refractivity contribution in [2.24, 2.45) is 0 Å². The minimum absolute atomic E-state index is 0.144. The van der Waals surface area contributed by atoms with Crippen LogP contribution in [0.1, 0.15) is 16.1 Å². The van der Waals surface area contributed by atoms with E-state index in [4.69, 9.17) is 0 Å². The van der Waals surface area contributed by atoms with Gasteiger partial charge in [0.2, 0.25) is 0 Å². The zero-order valence-electron chi connectivity index (χ0n) is 15.2. The molecule has 1 saturated heterocycles. The number of piperazine rings is 1. The first-order valence-corrected chi connectivity index (χ1v) is 8.87. The summed E-state index contributed by atoms with van der Waals surface area (Å²) in [6.45, 7) is 3.97. The van der Waals surface area contributed by atoms with Crippen LogP contribution in [0.2, 0.25) is 0 Å². The van der Waals surface area contributed by atoms with E-state index in [1.54, 1.807) is 9.58 Å². The number of aryl methyl sites for hydroxylation is 1. The number of hydrogen-bond donors (Lipinski definition) is 0. The zero-order chi connectivity index (χ0) is 19.7. The molecule has 144 valence electrons. The Kier molecular flexibility index (Phi) is 4.72. The van der Waals surface area contributed by atoms with E-state index < -0.39 is 11.6 Å². The quantitative estimate of drug-likeness (QED) is 0.693. The van der Waals surface area contributed by atoms with Crippen molar-refractivity contribution >= 4 is 11.7 Å². The van der Waals surface area contributed by atoms with Crippen LogP contribution in [0.5, 0.6) is 0 Å². The SMILES string of the molecule is Cc1ccn(-c2ccc(N3CCN(C(=O)c4ccc(F)c(F)c4)CC3)nn2)n1. The highest BCUT2D eigenvalue weighted by Crippen LogP contribution is 2.17. The minimum atomic E-state index is -1.02. The summed E-state index contributed by atoms with van der Waals surface area (Å²) in [7, 11) is 0. The van der Waals surface area contributed by atoms with E-state index in [0.717, 1.165) is 17.8 Å². The molecule has 1 aliphatic heterocycles. The van der Waals surface area contributed by atoms with Gasteiger partial charge in [-0.05, 0) is 43.3 Å². The Morgan fingerprint density at radius 3 is 2.25 bits per heavy atom. The third-order valence-corrected chi connectivity index (χ3v) is 4.65. The first kappa shape index (κ1) is 18.0. The zero-order valence-corrected chi connectivity index (χ0v) is 15.2. The minimum Gasteiger partial charge on any atom is -0.352 e. The van der Waals surface area contributed by atoms with Gasteiger partial charge in [0.15, 0.2) is 23.3 Å². The maximum atomic E-state index is 13.4. The van der Waals surface area contributed by atoms with E-state index in [9.17, 15) is 13.6 Å². The van der Waals surface area contributed by atoms with Crippen LogP contribution in [0.4, 0.5) is 14.6 Å². The number of benzene rings is 1. The second-order valence-electron chi connectivity index (χ2n) is 6.56. The highest BCUT2D eigenvalue weighted by molar-refractivity contribution is 5.94. The Bertz CT molecular complexity index is 996. The summed E-state index contributed by atoms with van der Waals surface area (Å²) in [6, 6.07) is 8.80. The van der Waals surface area contributed by atoms with Crippen LogP contribution in [0.15, 0.2) is 42.6 Å². The molecule has 4 rings (SSSR count). The molecule has 0 saturated carbocycles. The Balaban J connectivity index is 1.39. The van der Waals surface area contributed by atoms with Gasteiger partial charge in [0.1, 0.15) is 0 Å². The Hall–Kier alpha value is -3.36. The smallest absolute Gasteiger partial charge is 0.254 e. The number of anilines is 1. The van der Waals surface area contributed by atoms with Gasteiger partial charge in [0, 0.05) is 37.9 Å². The lowest BCUT2D eigenvalue weighted by Crippen LogP contribution is -2.49. The predicted octanol–water partition coefficient (Wildman–Crippen LogP) is 2.21. The maximum absolute atomic E-state index is 13.4. The molecule has 0 radical (unpaired) electrons. The Morgan fingerprint density at radius 1 is 0.929 bits per heavy atom. The summed E-state index contributed by atoms with van der Waals surface area (Å²) in [5.41, 5.74) is 1.04.